The molecule has 1 unspecified atom stereocenters. The van der Waals surface area contributed by atoms with Gasteiger partial charge in [-0.05, 0) is 66.9 Å². The molecule has 1 aromatic carbocycles. The molecule has 2 aromatic rings. The Labute approximate surface area is 190 Å². The molecule has 0 aliphatic carbocycles. The number of carbonyl (C=O) groups is 2. The number of alkyl carbamates (subject to hydrolysis) is 1. The minimum atomic E-state index is -0.632. The first-order chi connectivity index (χ1) is 14.5. The lowest BCUT2D eigenvalue weighted by Gasteiger charge is -2.38. The van der Waals surface area contributed by atoms with Crippen LogP contribution in [-0.4, -0.2) is 45.1 Å². The van der Waals surface area contributed by atoms with E-state index in [0.717, 1.165) is 16.0 Å². The van der Waals surface area contributed by atoms with E-state index in [-0.39, 0.29) is 30.2 Å². The van der Waals surface area contributed by atoms with Crippen LogP contribution in [0.25, 0.3) is 11.3 Å². The number of halogens is 2. The summed E-state index contributed by atoms with van der Waals surface area (Å²) in [6.07, 6.45) is -0.623. The van der Waals surface area contributed by atoms with Gasteiger partial charge in [0.2, 0.25) is 5.91 Å². The minimum Gasteiger partial charge on any atom is -0.444 e. The number of amides is 2. The number of hydrogen-bond donors (Lipinski definition) is 1. The molecule has 1 N–H and O–H groups in total. The highest BCUT2D eigenvalue weighted by Gasteiger charge is 2.36. The summed E-state index contributed by atoms with van der Waals surface area (Å²) in [5, 5.41) is 2.54. The lowest BCUT2D eigenvalue weighted by atomic mass is 9.99. The first-order valence-corrected chi connectivity index (χ1v) is 11.1. The molecule has 0 bridgehead atoms. The van der Waals surface area contributed by atoms with E-state index >= 15 is 0 Å². The maximum absolute atomic E-state index is 13.3. The number of carbonyl (C=O) groups excluding carboxylic acids is 2. The van der Waals surface area contributed by atoms with Gasteiger partial charge in [-0.3, -0.25) is 4.79 Å². The van der Waals surface area contributed by atoms with Gasteiger partial charge in [-0.15, -0.1) is 0 Å². The van der Waals surface area contributed by atoms with Crippen molar-refractivity contribution in [2.24, 2.45) is 5.92 Å². The molecule has 31 heavy (non-hydrogen) atoms. The number of imidazole rings is 1. The molecule has 1 aliphatic heterocycles. The molecule has 7 nitrogen and oxygen atoms in total. The fourth-order valence-electron chi connectivity index (χ4n) is 3.67. The molecule has 1 aromatic heterocycles. The Kier molecular flexibility index (Phi) is 6.73. The van der Waals surface area contributed by atoms with Crippen molar-refractivity contribution >= 4 is 27.9 Å². The van der Waals surface area contributed by atoms with Crippen molar-refractivity contribution in [3.05, 3.63) is 40.5 Å². The van der Waals surface area contributed by atoms with E-state index in [1.807, 2.05) is 13.8 Å². The lowest BCUT2D eigenvalue weighted by molar-refractivity contribution is -0.135. The van der Waals surface area contributed by atoms with Crippen LogP contribution in [0.4, 0.5) is 9.18 Å². The summed E-state index contributed by atoms with van der Waals surface area (Å²) in [4.78, 5) is 31.5. The molecule has 1 aliphatic rings. The van der Waals surface area contributed by atoms with Crippen LogP contribution in [0, 0.1) is 11.7 Å². The summed E-state index contributed by atoms with van der Waals surface area (Å²) in [6.45, 7) is 10.3. The zero-order valence-corrected chi connectivity index (χ0v) is 20.0. The molecule has 0 spiro atoms. The SMILES string of the molecule is CC(C)C1c2nc(-c3ccc(F)cc3)c(Br)n2CCN1C(=O)CNC(=O)OC(C)(C)C. The van der Waals surface area contributed by atoms with E-state index in [0.29, 0.717) is 18.8 Å². The highest BCUT2D eigenvalue weighted by molar-refractivity contribution is 9.10. The van der Waals surface area contributed by atoms with E-state index in [2.05, 4.69) is 25.8 Å². The number of aromatic nitrogens is 2. The van der Waals surface area contributed by atoms with E-state index in [4.69, 9.17) is 9.72 Å². The van der Waals surface area contributed by atoms with Gasteiger partial charge in [-0.25, -0.2) is 14.2 Å². The van der Waals surface area contributed by atoms with Gasteiger partial charge >= 0.3 is 6.09 Å². The van der Waals surface area contributed by atoms with Crippen LogP contribution < -0.4 is 5.32 Å². The van der Waals surface area contributed by atoms with Crippen LogP contribution in [0.15, 0.2) is 28.9 Å². The van der Waals surface area contributed by atoms with Gasteiger partial charge in [0.1, 0.15) is 34.1 Å². The summed E-state index contributed by atoms with van der Waals surface area (Å²) in [5.41, 5.74) is 0.871. The molecule has 9 heteroatoms. The van der Waals surface area contributed by atoms with Crippen molar-refractivity contribution in [1.82, 2.24) is 19.8 Å². The Morgan fingerprint density at radius 3 is 2.48 bits per heavy atom. The standard InChI is InChI=1S/C22H28BrFN4O3/c1-13(2)18-20-26-17(14-6-8-15(24)9-7-14)19(23)28(20)11-10-27(18)16(29)12-25-21(30)31-22(3,4)5/h6-9,13,18H,10-12H2,1-5H3,(H,25,30). The quantitative estimate of drug-likeness (QED) is 0.677. The molecule has 0 radical (unpaired) electrons. The summed E-state index contributed by atoms with van der Waals surface area (Å²) in [7, 11) is 0. The monoisotopic (exact) mass is 494 g/mol. The van der Waals surface area contributed by atoms with Crippen molar-refractivity contribution in [2.45, 2.75) is 52.8 Å². The molecule has 0 fully saturated rings. The molecule has 1 atom stereocenters. The van der Waals surface area contributed by atoms with Crippen molar-refractivity contribution in [3.63, 3.8) is 0 Å². The first-order valence-electron chi connectivity index (χ1n) is 10.3. The van der Waals surface area contributed by atoms with Gasteiger partial charge in [0.05, 0.1) is 6.04 Å². The highest BCUT2D eigenvalue weighted by atomic mass is 79.9. The molecule has 168 valence electrons. The number of hydrogen-bond acceptors (Lipinski definition) is 4. The van der Waals surface area contributed by atoms with E-state index in [1.165, 1.54) is 12.1 Å². The van der Waals surface area contributed by atoms with Crippen molar-refractivity contribution in [3.8, 4) is 11.3 Å². The van der Waals surface area contributed by atoms with Crippen molar-refractivity contribution < 1.29 is 18.7 Å². The largest absolute Gasteiger partial charge is 0.444 e. The average Bonchev–Trinajstić information content (AvgIpc) is 3.01. The summed E-state index contributed by atoms with van der Waals surface area (Å²) < 4.78 is 21.4. The molecule has 0 saturated carbocycles. The third-order valence-corrected chi connectivity index (χ3v) is 5.76. The Hall–Kier alpha value is -2.42. The molecule has 3 rings (SSSR count). The molecule has 0 saturated heterocycles. The predicted molar refractivity (Wildman–Crippen MR) is 119 cm³/mol. The van der Waals surface area contributed by atoms with Crippen LogP contribution in [0.2, 0.25) is 0 Å². The second-order valence-corrected chi connectivity index (χ2v) is 9.65. The lowest BCUT2D eigenvalue weighted by Crippen LogP contribution is -2.48. The molecule has 2 amide bonds. The van der Waals surface area contributed by atoms with Crippen LogP contribution in [-0.2, 0) is 16.1 Å². The zero-order valence-electron chi connectivity index (χ0n) is 18.4. The third kappa shape index (κ3) is 5.26. The third-order valence-electron chi connectivity index (χ3n) is 4.95. The van der Waals surface area contributed by atoms with Crippen LogP contribution in [0.5, 0.6) is 0 Å². The zero-order chi connectivity index (χ0) is 22.9. The summed E-state index contributed by atoms with van der Waals surface area (Å²) in [5.74, 6) is 0.356. The number of rotatable bonds is 4. The number of nitrogens with zero attached hydrogens (tertiary/aromatic N) is 3. The average molecular weight is 495 g/mol. The highest BCUT2D eigenvalue weighted by Crippen LogP contribution is 2.38. The van der Waals surface area contributed by atoms with E-state index in [1.54, 1.807) is 37.8 Å². The number of fused-ring (bicyclic) bond motifs is 1. The number of benzene rings is 1. The van der Waals surface area contributed by atoms with Crippen molar-refractivity contribution in [2.75, 3.05) is 13.1 Å². The number of nitrogens with one attached hydrogen (secondary N) is 1. The molecular formula is C22H28BrFN4O3. The van der Waals surface area contributed by atoms with E-state index < -0.39 is 11.7 Å². The van der Waals surface area contributed by atoms with Crippen LogP contribution in [0.3, 0.4) is 0 Å². The Morgan fingerprint density at radius 2 is 1.90 bits per heavy atom. The van der Waals surface area contributed by atoms with Crippen molar-refractivity contribution in [1.29, 1.82) is 0 Å². The van der Waals surface area contributed by atoms with Gasteiger partial charge in [-0.1, -0.05) is 13.8 Å². The van der Waals surface area contributed by atoms with Gasteiger partial charge in [0, 0.05) is 18.7 Å². The normalized spacial score (nSPS) is 16.3. The smallest absolute Gasteiger partial charge is 0.408 e. The minimum absolute atomic E-state index is 0.0971. The summed E-state index contributed by atoms with van der Waals surface area (Å²) >= 11 is 3.63. The second kappa shape index (κ2) is 8.98. The van der Waals surface area contributed by atoms with Gasteiger partial charge in [0.25, 0.3) is 0 Å². The predicted octanol–water partition coefficient (Wildman–Crippen LogP) is 4.52. The topological polar surface area (TPSA) is 76.5 Å². The van der Waals surface area contributed by atoms with Gasteiger partial charge < -0.3 is 19.5 Å². The number of ether oxygens (including phenoxy) is 1. The molecular weight excluding hydrogens is 467 g/mol. The molecule has 2 heterocycles. The Morgan fingerprint density at radius 1 is 1.26 bits per heavy atom. The second-order valence-electron chi connectivity index (χ2n) is 8.90. The fraction of sp³-hybridized carbons (Fsp3) is 0.500. The first kappa shape index (κ1) is 23.2. The van der Waals surface area contributed by atoms with Gasteiger partial charge in [-0.2, -0.15) is 0 Å². The fourth-order valence-corrected chi connectivity index (χ4v) is 4.34. The Balaban J connectivity index is 1.82. The van der Waals surface area contributed by atoms with Crippen LogP contribution in [0.1, 0.15) is 46.5 Å². The maximum atomic E-state index is 13.3. The Bertz CT molecular complexity index is 966. The van der Waals surface area contributed by atoms with E-state index in [9.17, 15) is 14.0 Å². The summed E-state index contributed by atoms with van der Waals surface area (Å²) in [6, 6.07) is 5.92. The van der Waals surface area contributed by atoms with Gasteiger partial charge in [0.15, 0.2) is 0 Å². The maximum Gasteiger partial charge on any atom is 0.408 e. The van der Waals surface area contributed by atoms with Crippen LogP contribution >= 0.6 is 15.9 Å².